The largest absolute Gasteiger partial charge is 0.466 e. The maximum Gasteiger partial charge on any atom is 0.305 e. The molecule has 1 rings (SSSR count). The van der Waals surface area contributed by atoms with Crippen LogP contribution in [0.2, 0.25) is 0 Å². The second kappa shape index (κ2) is 29.4. The minimum absolute atomic E-state index is 0.00122. The number of amidine groups is 1. The van der Waals surface area contributed by atoms with Crippen molar-refractivity contribution in [2.45, 2.75) is 194 Å². The van der Waals surface area contributed by atoms with Gasteiger partial charge in [-0.3, -0.25) is 9.79 Å². The average Bonchev–Trinajstić information content (AvgIpc) is 3.50. The molecule has 0 aromatic rings. The van der Waals surface area contributed by atoms with Crippen LogP contribution in [-0.4, -0.2) is 31.5 Å². The molecule has 0 amide bonds. The van der Waals surface area contributed by atoms with Gasteiger partial charge in [0.1, 0.15) is 0 Å². The molecule has 0 radical (unpaired) electrons. The molecule has 1 atom stereocenters. The number of hydrogen-bond donors (Lipinski definition) is 1. The lowest BCUT2D eigenvalue weighted by atomic mass is 9.94. The zero-order valence-electron chi connectivity index (χ0n) is 27.3. The molecule has 1 N–H and O–H groups in total. The van der Waals surface area contributed by atoms with Crippen LogP contribution >= 0.6 is 0 Å². The Bertz CT molecular complexity index is 577. The minimum Gasteiger partial charge on any atom is -0.466 e. The summed E-state index contributed by atoms with van der Waals surface area (Å²) in [5.41, 5.74) is 0. The maximum absolute atomic E-state index is 12.2. The van der Waals surface area contributed by atoms with Crippen LogP contribution in [0.1, 0.15) is 194 Å². The van der Waals surface area contributed by atoms with Gasteiger partial charge in [0.15, 0.2) is 0 Å². The van der Waals surface area contributed by atoms with Crippen molar-refractivity contribution in [3.63, 3.8) is 0 Å². The van der Waals surface area contributed by atoms with Gasteiger partial charge in [-0.1, -0.05) is 162 Å². The fourth-order valence-electron chi connectivity index (χ4n) is 6.04. The van der Waals surface area contributed by atoms with E-state index in [1.165, 1.54) is 160 Å². The Morgan fingerprint density at radius 3 is 1.50 bits per heavy atom. The third kappa shape index (κ3) is 23.6. The van der Waals surface area contributed by atoms with Crippen LogP contribution < -0.4 is 5.32 Å². The molecule has 236 valence electrons. The van der Waals surface area contributed by atoms with E-state index in [0.29, 0.717) is 18.9 Å². The van der Waals surface area contributed by atoms with E-state index < -0.39 is 0 Å². The van der Waals surface area contributed by atoms with Crippen LogP contribution in [-0.2, 0) is 9.53 Å². The number of carbonyl (C=O) groups is 1. The normalized spacial score (nSPS) is 13.8. The summed E-state index contributed by atoms with van der Waals surface area (Å²) in [5, 5.41) is 3.51. The highest BCUT2D eigenvalue weighted by molar-refractivity contribution is 5.85. The van der Waals surface area contributed by atoms with Gasteiger partial charge >= 0.3 is 5.97 Å². The molecule has 40 heavy (non-hydrogen) atoms. The Kier molecular flexibility index (Phi) is 27.2. The van der Waals surface area contributed by atoms with E-state index in [1.807, 2.05) is 0 Å². The van der Waals surface area contributed by atoms with Gasteiger partial charge in [0.25, 0.3) is 0 Å². The molecule has 0 saturated carbocycles. The summed E-state index contributed by atoms with van der Waals surface area (Å²) in [7, 11) is 0. The predicted molar refractivity (Wildman–Crippen MR) is 175 cm³/mol. The molecule has 1 aliphatic rings. The highest BCUT2D eigenvalue weighted by Gasteiger charge is 2.18. The summed E-state index contributed by atoms with van der Waals surface area (Å²) in [6, 6.07) is 0. The fraction of sp³-hybridized carbons (Fsp3) is 0.944. The zero-order chi connectivity index (χ0) is 28.8. The lowest BCUT2D eigenvalue weighted by Gasteiger charge is -2.17. The predicted octanol–water partition coefficient (Wildman–Crippen LogP) is 11.1. The van der Waals surface area contributed by atoms with Gasteiger partial charge in [-0.25, -0.2) is 0 Å². The van der Waals surface area contributed by atoms with Crippen LogP contribution in [0.5, 0.6) is 0 Å². The molecule has 4 nitrogen and oxygen atoms in total. The van der Waals surface area contributed by atoms with Crippen LogP contribution in [0, 0.1) is 5.92 Å². The van der Waals surface area contributed by atoms with E-state index in [0.717, 1.165) is 32.4 Å². The number of ether oxygens (including phenoxy) is 1. The third-order valence-electron chi connectivity index (χ3n) is 8.69. The summed E-state index contributed by atoms with van der Waals surface area (Å²) in [6.07, 6.45) is 36.4. The van der Waals surface area contributed by atoms with Gasteiger partial charge in [0.2, 0.25) is 0 Å². The quantitative estimate of drug-likeness (QED) is 0.0675. The number of unbranched alkanes of at least 4 members (excludes halogenated alkanes) is 22. The molecule has 1 aliphatic heterocycles. The lowest BCUT2D eigenvalue weighted by Crippen LogP contribution is -2.27. The Labute approximate surface area is 250 Å². The third-order valence-corrected chi connectivity index (χ3v) is 8.69. The molecule has 0 fully saturated rings. The summed E-state index contributed by atoms with van der Waals surface area (Å²) in [4.78, 5) is 16.9. The maximum atomic E-state index is 12.2. The summed E-state index contributed by atoms with van der Waals surface area (Å²) in [6.45, 7) is 7.04. The van der Waals surface area contributed by atoms with Crippen molar-refractivity contribution >= 4 is 11.8 Å². The van der Waals surface area contributed by atoms with E-state index in [2.05, 4.69) is 19.2 Å². The molecule has 0 aromatic carbocycles. The average molecular weight is 563 g/mol. The summed E-state index contributed by atoms with van der Waals surface area (Å²) >= 11 is 0. The molecule has 0 aromatic heterocycles. The first-order valence-corrected chi connectivity index (χ1v) is 18.2. The number of nitrogens with zero attached hydrogens (tertiary/aromatic N) is 1. The van der Waals surface area contributed by atoms with Crippen molar-refractivity contribution in [3.8, 4) is 0 Å². The lowest BCUT2D eigenvalue weighted by molar-refractivity contribution is -0.143. The Morgan fingerprint density at radius 2 is 1.05 bits per heavy atom. The molecular weight excluding hydrogens is 492 g/mol. The van der Waals surface area contributed by atoms with E-state index in [9.17, 15) is 4.79 Å². The summed E-state index contributed by atoms with van der Waals surface area (Å²) in [5.74, 6) is 1.73. The number of aliphatic imine (C=N–C) groups is 1. The monoisotopic (exact) mass is 563 g/mol. The van der Waals surface area contributed by atoms with E-state index >= 15 is 0 Å². The number of esters is 1. The van der Waals surface area contributed by atoms with E-state index in [1.54, 1.807) is 0 Å². The van der Waals surface area contributed by atoms with Crippen molar-refractivity contribution in [2.24, 2.45) is 10.9 Å². The second-order valence-electron chi connectivity index (χ2n) is 12.6. The minimum atomic E-state index is 0.00122. The van der Waals surface area contributed by atoms with Crippen LogP contribution in [0.4, 0.5) is 0 Å². The van der Waals surface area contributed by atoms with Gasteiger partial charge in [0.05, 0.1) is 19.0 Å². The van der Waals surface area contributed by atoms with Crippen LogP contribution in [0.15, 0.2) is 4.99 Å². The molecule has 1 heterocycles. The Hall–Kier alpha value is -1.06. The molecule has 0 saturated heterocycles. The topological polar surface area (TPSA) is 50.7 Å². The van der Waals surface area contributed by atoms with Crippen molar-refractivity contribution in [3.05, 3.63) is 0 Å². The first kappa shape index (κ1) is 37.0. The van der Waals surface area contributed by atoms with Gasteiger partial charge in [-0.15, -0.1) is 0 Å². The highest BCUT2D eigenvalue weighted by Crippen LogP contribution is 2.20. The molecular formula is C36H70N2O2. The first-order chi connectivity index (χ1) is 19.8. The van der Waals surface area contributed by atoms with E-state index in [-0.39, 0.29) is 5.97 Å². The second-order valence-corrected chi connectivity index (χ2v) is 12.6. The van der Waals surface area contributed by atoms with Crippen molar-refractivity contribution < 1.29 is 9.53 Å². The fourth-order valence-corrected chi connectivity index (χ4v) is 6.04. The number of hydrogen-bond acceptors (Lipinski definition) is 4. The van der Waals surface area contributed by atoms with Crippen molar-refractivity contribution in [1.82, 2.24) is 5.32 Å². The first-order valence-electron chi connectivity index (χ1n) is 18.2. The van der Waals surface area contributed by atoms with Crippen LogP contribution in [0.25, 0.3) is 0 Å². The zero-order valence-corrected chi connectivity index (χ0v) is 27.3. The van der Waals surface area contributed by atoms with Gasteiger partial charge in [-0.05, 0) is 25.7 Å². The van der Waals surface area contributed by atoms with Crippen molar-refractivity contribution in [1.29, 1.82) is 0 Å². The molecule has 4 heteroatoms. The SMILES string of the molecule is CCCCCCCCCCCCCCCC(=O)OCCCC(CCCCCCCCCCCCC)C1=NCCN1. The molecule has 0 aliphatic carbocycles. The molecule has 0 spiro atoms. The van der Waals surface area contributed by atoms with Crippen molar-refractivity contribution in [2.75, 3.05) is 19.7 Å². The number of carbonyl (C=O) groups excluding carboxylic acids is 1. The number of rotatable bonds is 31. The van der Waals surface area contributed by atoms with Gasteiger partial charge < -0.3 is 10.1 Å². The standard InChI is InChI=1S/C36H70N2O2/c1-3-5-7-9-11-13-15-16-18-20-22-24-26-30-35(39)40-33-27-29-34(36-37-31-32-38-36)28-25-23-21-19-17-14-12-10-8-6-4-2/h34H,3-33H2,1-2H3,(H,37,38). The Morgan fingerprint density at radius 1 is 0.625 bits per heavy atom. The molecule has 1 unspecified atom stereocenters. The van der Waals surface area contributed by atoms with E-state index in [4.69, 9.17) is 9.73 Å². The number of nitrogens with one attached hydrogen (secondary N) is 1. The highest BCUT2D eigenvalue weighted by atomic mass is 16.5. The molecule has 0 bridgehead atoms. The van der Waals surface area contributed by atoms with Gasteiger partial charge in [0, 0.05) is 18.9 Å². The van der Waals surface area contributed by atoms with Gasteiger partial charge in [-0.2, -0.15) is 0 Å². The smallest absolute Gasteiger partial charge is 0.305 e. The Balaban J connectivity index is 1.96. The van der Waals surface area contributed by atoms with Crippen LogP contribution in [0.3, 0.4) is 0 Å². The summed E-state index contributed by atoms with van der Waals surface area (Å²) < 4.78 is 5.57.